The number of hydrogen-bond donors (Lipinski definition) is 1. The SMILES string of the molecule is CCCCOCCCOc1cccc([C@H](O)CN(Cc2ccccc2)Cc2ccccc2)c1. The molecule has 0 aliphatic carbocycles. The Morgan fingerprint density at radius 3 is 2.03 bits per heavy atom. The minimum atomic E-state index is -0.599. The molecule has 0 saturated heterocycles. The van der Waals surface area contributed by atoms with Crippen molar-refractivity contribution in [1.82, 2.24) is 4.90 Å². The maximum atomic E-state index is 11.0. The summed E-state index contributed by atoms with van der Waals surface area (Å²) in [6.07, 6.45) is 2.52. The van der Waals surface area contributed by atoms with Gasteiger partial charge in [-0.2, -0.15) is 0 Å². The quantitative estimate of drug-likeness (QED) is 0.290. The fourth-order valence-corrected chi connectivity index (χ4v) is 3.73. The van der Waals surface area contributed by atoms with Gasteiger partial charge in [0.25, 0.3) is 0 Å². The molecule has 0 bridgehead atoms. The van der Waals surface area contributed by atoms with E-state index in [1.165, 1.54) is 11.1 Å². The van der Waals surface area contributed by atoms with Gasteiger partial charge in [-0.25, -0.2) is 0 Å². The van der Waals surface area contributed by atoms with Crippen LogP contribution >= 0.6 is 0 Å². The van der Waals surface area contributed by atoms with Crippen LogP contribution in [0.4, 0.5) is 0 Å². The molecule has 1 atom stereocenters. The van der Waals surface area contributed by atoms with E-state index in [0.717, 1.165) is 56.9 Å². The second-order valence-corrected chi connectivity index (χ2v) is 8.40. The summed E-state index contributed by atoms with van der Waals surface area (Å²) >= 11 is 0. The minimum Gasteiger partial charge on any atom is -0.493 e. The normalized spacial score (nSPS) is 12.1. The number of nitrogens with zero attached hydrogens (tertiary/aromatic N) is 1. The molecule has 0 amide bonds. The lowest BCUT2D eigenvalue weighted by molar-refractivity contribution is 0.104. The van der Waals surface area contributed by atoms with E-state index in [1.54, 1.807) is 0 Å². The lowest BCUT2D eigenvalue weighted by Crippen LogP contribution is -2.28. The third kappa shape index (κ3) is 9.39. The summed E-state index contributed by atoms with van der Waals surface area (Å²) in [6.45, 7) is 6.41. The van der Waals surface area contributed by atoms with Gasteiger partial charge < -0.3 is 14.6 Å². The predicted molar refractivity (Wildman–Crippen MR) is 134 cm³/mol. The molecule has 0 unspecified atom stereocenters. The molecule has 3 rings (SSSR count). The van der Waals surface area contributed by atoms with Gasteiger partial charge in [0.05, 0.1) is 12.7 Å². The Bertz CT molecular complexity index is 860. The molecule has 0 heterocycles. The van der Waals surface area contributed by atoms with Crippen LogP contribution in [-0.4, -0.2) is 36.4 Å². The molecule has 3 aromatic rings. The van der Waals surface area contributed by atoms with Gasteiger partial charge >= 0.3 is 0 Å². The Morgan fingerprint density at radius 1 is 0.758 bits per heavy atom. The van der Waals surface area contributed by atoms with Crippen molar-refractivity contribution in [3.8, 4) is 5.75 Å². The lowest BCUT2D eigenvalue weighted by atomic mass is 10.1. The minimum absolute atomic E-state index is 0.540. The number of ether oxygens (including phenoxy) is 2. The molecule has 176 valence electrons. The number of rotatable bonds is 15. The number of unbranched alkanes of at least 4 members (excludes halogenated alkanes) is 1. The van der Waals surface area contributed by atoms with Crippen LogP contribution in [0.25, 0.3) is 0 Å². The van der Waals surface area contributed by atoms with Crippen molar-refractivity contribution >= 4 is 0 Å². The van der Waals surface area contributed by atoms with Gasteiger partial charge in [-0.15, -0.1) is 0 Å². The molecule has 0 aromatic heterocycles. The van der Waals surface area contributed by atoms with Crippen molar-refractivity contribution in [2.75, 3.05) is 26.4 Å². The van der Waals surface area contributed by atoms with E-state index >= 15 is 0 Å². The molecule has 4 heteroatoms. The summed E-state index contributed by atoms with van der Waals surface area (Å²) in [5.74, 6) is 0.790. The number of benzene rings is 3. The van der Waals surface area contributed by atoms with Crippen molar-refractivity contribution < 1.29 is 14.6 Å². The van der Waals surface area contributed by atoms with Crippen molar-refractivity contribution in [3.05, 3.63) is 102 Å². The molecular weight excluding hydrogens is 410 g/mol. The van der Waals surface area contributed by atoms with Crippen LogP contribution < -0.4 is 4.74 Å². The second kappa shape index (κ2) is 14.5. The zero-order valence-electron chi connectivity index (χ0n) is 19.7. The Balaban J connectivity index is 1.56. The topological polar surface area (TPSA) is 41.9 Å². The third-order valence-corrected chi connectivity index (χ3v) is 5.52. The maximum Gasteiger partial charge on any atom is 0.119 e. The van der Waals surface area contributed by atoms with Gasteiger partial charge in [0.2, 0.25) is 0 Å². The highest BCUT2D eigenvalue weighted by atomic mass is 16.5. The van der Waals surface area contributed by atoms with E-state index in [1.807, 2.05) is 36.4 Å². The van der Waals surface area contributed by atoms with Gasteiger partial charge in [0, 0.05) is 39.3 Å². The Labute approximate surface area is 198 Å². The van der Waals surface area contributed by atoms with Crippen LogP contribution in [-0.2, 0) is 17.8 Å². The molecular formula is C29H37NO3. The zero-order chi connectivity index (χ0) is 23.1. The number of hydrogen-bond acceptors (Lipinski definition) is 4. The van der Waals surface area contributed by atoms with E-state index in [0.29, 0.717) is 13.2 Å². The fourth-order valence-electron chi connectivity index (χ4n) is 3.73. The van der Waals surface area contributed by atoms with E-state index < -0.39 is 6.10 Å². The molecule has 33 heavy (non-hydrogen) atoms. The first kappa shape index (κ1) is 25.0. The van der Waals surface area contributed by atoms with Gasteiger partial charge in [0.15, 0.2) is 0 Å². The monoisotopic (exact) mass is 447 g/mol. The van der Waals surface area contributed by atoms with E-state index in [-0.39, 0.29) is 0 Å². The van der Waals surface area contributed by atoms with Crippen molar-refractivity contribution in [2.45, 2.75) is 45.4 Å². The molecule has 0 saturated carbocycles. The molecule has 0 aliphatic heterocycles. The average Bonchev–Trinajstić information content (AvgIpc) is 2.85. The molecule has 4 nitrogen and oxygen atoms in total. The van der Waals surface area contributed by atoms with Crippen LogP contribution in [0.15, 0.2) is 84.9 Å². The summed E-state index contributed by atoms with van der Waals surface area (Å²) in [6, 6.07) is 28.6. The summed E-state index contributed by atoms with van der Waals surface area (Å²) in [5.41, 5.74) is 3.34. The largest absolute Gasteiger partial charge is 0.493 e. The first-order valence-electron chi connectivity index (χ1n) is 12.0. The van der Waals surface area contributed by atoms with E-state index in [2.05, 4.69) is 60.4 Å². The highest BCUT2D eigenvalue weighted by molar-refractivity contribution is 5.30. The van der Waals surface area contributed by atoms with Crippen LogP contribution in [0.5, 0.6) is 5.75 Å². The standard InChI is InChI=1S/C29H37NO3/c1-2-3-18-32-19-11-20-33-28-17-10-16-27(21-28)29(31)24-30(22-25-12-6-4-7-13-25)23-26-14-8-5-9-15-26/h4-10,12-17,21,29,31H,2-3,11,18-20,22-24H2,1H3/t29-/m1/s1. The van der Waals surface area contributed by atoms with Crippen molar-refractivity contribution in [1.29, 1.82) is 0 Å². The highest BCUT2D eigenvalue weighted by Gasteiger charge is 2.15. The molecule has 0 aliphatic rings. The maximum absolute atomic E-state index is 11.0. The third-order valence-electron chi connectivity index (χ3n) is 5.52. The van der Waals surface area contributed by atoms with Crippen molar-refractivity contribution in [2.24, 2.45) is 0 Å². The summed E-state index contributed by atoms with van der Waals surface area (Å²) in [4.78, 5) is 2.29. The summed E-state index contributed by atoms with van der Waals surface area (Å²) < 4.78 is 11.5. The fraction of sp³-hybridized carbons (Fsp3) is 0.379. The van der Waals surface area contributed by atoms with Gasteiger partial charge in [-0.05, 0) is 35.2 Å². The molecule has 0 radical (unpaired) electrons. The van der Waals surface area contributed by atoms with Gasteiger partial charge in [-0.1, -0.05) is 86.1 Å². The predicted octanol–water partition coefficient (Wildman–Crippen LogP) is 6.01. The van der Waals surface area contributed by atoms with Gasteiger partial charge in [0.1, 0.15) is 5.75 Å². The number of aliphatic hydroxyl groups is 1. The molecule has 3 aromatic carbocycles. The molecule has 0 fully saturated rings. The second-order valence-electron chi connectivity index (χ2n) is 8.40. The van der Waals surface area contributed by atoms with Crippen LogP contribution in [0.1, 0.15) is 49.0 Å². The Kier molecular flexibility index (Phi) is 11.0. The van der Waals surface area contributed by atoms with E-state index in [9.17, 15) is 5.11 Å². The highest BCUT2D eigenvalue weighted by Crippen LogP contribution is 2.22. The molecule has 0 spiro atoms. The Morgan fingerprint density at radius 2 is 1.39 bits per heavy atom. The van der Waals surface area contributed by atoms with Crippen LogP contribution in [0.2, 0.25) is 0 Å². The Hall–Kier alpha value is -2.66. The van der Waals surface area contributed by atoms with Crippen LogP contribution in [0.3, 0.4) is 0 Å². The lowest BCUT2D eigenvalue weighted by Gasteiger charge is -2.26. The zero-order valence-corrected chi connectivity index (χ0v) is 19.7. The summed E-state index contributed by atoms with van der Waals surface area (Å²) in [7, 11) is 0. The number of aliphatic hydroxyl groups excluding tert-OH is 1. The average molecular weight is 448 g/mol. The molecule has 1 N–H and O–H groups in total. The van der Waals surface area contributed by atoms with E-state index in [4.69, 9.17) is 9.47 Å². The van der Waals surface area contributed by atoms with Crippen molar-refractivity contribution in [3.63, 3.8) is 0 Å². The van der Waals surface area contributed by atoms with Gasteiger partial charge in [-0.3, -0.25) is 4.90 Å². The smallest absolute Gasteiger partial charge is 0.119 e. The van der Waals surface area contributed by atoms with Crippen LogP contribution in [0, 0.1) is 0 Å². The first-order valence-corrected chi connectivity index (χ1v) is 12.0. The summed E-state index contributed by atoms with van der Waals surface area (Å²) in [5, 5.41) is 11.0. The first-order chi connectivity index (χ1) is 16.2.